The Morgan fingerprint density at radius 3 is 2.68 bits per heavy atom. The Morgan fingerprint density at radius 2 is 2.00 bits per heavy atom. The van der Waals surface area contributed by atoms with Gasteiger partial charge in [0.05, 0.1) is 22.0 Å². The lowest BCUT2D eigenvalue weighted by Crippen LogP contribution is -2.16. The number of anilines is 1. The summed E-state index contributed by atoms with van der Waals surface area (Å²) in [5, 5.41) is 11.1. The third-order valence-corrected chi connectivity index (χ3v) is 5.99. The van der Waals surface area contributed by atoms with Gasteiger partial charge in [0.2, 0.25) is 5.91 Å². The highest BCUT2D eigenvalue weighted by Crippen LogP contribution is 2.34. The lowest BCUT2D eigenvalue weighted by atomic mass is 10.1. The zero-order valence-corrected chi connectivity index (χ0v) is 20.0. The first-order chi connectivity index (χ1) is 16.1. The van der Waals surface area contributed by atoms with Crippen molar-refractivity contribution in [2.24, 2.45) is 0 Å². The highest BCUT2D eigenvalue weighted by atomic mass is 35.5. The molecule has 1 N–H and O–H groups in total. The summed E-state index contributed by atoms with van der Waals surface area (Å²) in [4.78, 5) is 12.4. The minimum atomic E-state index is -4.55. The molecular weight excluding hydrogens is 489 g/mol. The summed E-state index contributed by atoms with van der Waals surface area (Å²) in [6.45, 7) is 8.24. The Labute approximate surface area is 204 Å². The molecule has 0 aliphatic rings. The van der Waals surface area contributed by atoms with Gasteiger partial charge in [-0.05, 0) is 43.7 Å². The van der Waals surface area contributed by atoms with Gasteiger partial charge in [0.15, 0.2) is 11.0 Å². The number of allylic oxidation sites excluding steroid dienone is 1. The number of halogens is 4. The number of amides is 1. The van der Waals surface area contributed by atoms with Crippen LogP contribution in [-0.2, 0) is 24.1 Å². The molecule has 0 bridgehead atoms. The molecule has 0 fully saturated rings. The van der Waals surface area contributed by atoms with Gasteiger partial charge in [-0.2, -0.15) is 13.2 Å². The number of benzene rings is 2. The number of thioether (sulfide) groups is 1. The van der Waals surface area contributed by atoms with Crippen LogP contribution >= 0.6 is 23.4 Å². The number of aromatic nitrogens is 3. The fourth-order valence-electron chi connectivity index (χ4n) is 3.06. The summed E-state index contributed by atoms with van der Waals surface area (Å²) in [5.41, 5.74) is 1.11. The van der Waals surface area contributed by atoms with Crippen molar-refractivity contribution in [3.63, 3.8) is 0 Å². The molecule has 1 amide bonds. The molecule has 34 heavy (non-hydrogen) atoms. The fourth-order valence-corrected chi connectivity index (χ4v) is 3.99. The van der Waals surface area contributed by atoms with Crippen molar-refractivity contribution < 1.29 is 22.7 Å². The van der Waals surface area contributed by atoms with Crippen LogP contribution in [0.3, 0.4) is 0 Å². The largest absolute Gasteiger partial charge is 0.485 e. The maximum atomic E-state index is 12.9. The summed E-state index contributed by atoms with van der Waals surface area (Å²) >= 11 is 7.03. The first-order valence-corrected chi connectivity index (χ1v) is 11.5. The molecule has 6 nitrogen and oxygen atoms in total. The van der Waals surface area contributed by atoms with Gasteiger partial charge in [0.25, 0.3) is 0 Å². The van der Waals surface area contributed by atoms with E-state index in [2.05, 4.69) is 22.1 Å². The average Bonchev–Trinajstić information content (AvgIpc) is 3.14. The third-order valence-electron chi connectivity index (χ3n) is 4.69. The monoisotopic (exact) mass is 510 g/mol. The molecular formula is C23H22ClF3N4O2S. The van der Waals surface area contributed by atoms with Crippen molar-refractivity contribution >= 4 is 35.0 Å². The molecule has 0 radical (unpaired) electrons. The van der Waals surface area contributed by atoms with Gasteiger partial charge >= 0.3 is 6.18 Å². The molecule has 180 valence electrons. The Balaban J connectivity index is 1.66. The van der Waals surface area contributed by atoms with E-state index < -0.39 is 17.6 Å². The molecule has 1 aromatic heterocycles. The van der Waals surface area contributed by atoms with Crippen LogP contribution in [0.2, 0.25) is 5.02 Å². The maximum Gasteiger partial charge on any atom is 0.416 e. The molecule has 1 heterocycles. The predicted octanol–water partition coefficient (Wildman–Crippen LogP) is 6.06. The van der Waals surface area contributed by atoms with E-state index in [1.54, 1.807) is 10.6 Å². The van der Waals surface area contributed by atoms with Crippen LogP contribution in [0.5, 0.6) is 5.75 Å². The molecule has 0 aliphatic heterocycles. The van der Waals surface area contributed by atoms with E-state index in [1.165, 1.54) is 0 Å². The lowest BCUT2D eigenvalue weighted by Gasteiger charge is -2.12. The number of nitrogens with one attached hydrogen (secondary N) is 1. The molecule has 0 saturated heterocycles. The minimum Gasteiger partial charge on any atom is -0.485 e. The Bertz CT molecular complexity index is 1200. The van der Waals surface area contributed by atoms with Crippen molar-refractivity contribution in [3.8, 4) is 5.75 Å². The third kappa shape index (κ3) is 6.54. The topological polar surface area (TPSA) is 69.0 Å². The van der Waals surface area contributed by atoms with Gasteiger partial charge in [-0.1, -0.05) is 47.1 Å². The van der Waals surface area contributed by atoms with Crippen molar-refractivity contribution in [2.45, 2.75) is 38.3 Å². The van der Waals surface area contributed by atoms with Gasteiger partial charge in [-0.3, -0.25) is 9.36 Å². The number of hydrogen-bond acceptors (Lipinski definition) is 5. The number of rotatable bonds is 9. The Kier molecular flexibility index (Phi) is 8.27. The second-order valence-electron chi connectivity index (χ2n) is 7.38. The van der Waals surface area contributed by atoms with Crippen molar-refractivity contribution in [3.05, 3.63) is 76.6 Å². The Morgan fingerprint density at radius 1 is 1.24 bits per heavy atom. The van der Waals surface area contributed by atoms with Crippen molar-refractivity contribution in [1.82, 2.24) is 14.8 Å². The SMILES string of the molecule is C=CCn1c(COc2ccc(C)cc2C)nnc1SCC(=O)Nc1cc(C(F)(F)F)ccc1Cl. The first kappa shape index (κ1) is 25.6. The van der Waals surface area contributed by atoms with Gasteiger partial charge in [-0.15, -0.1) is 16.8 Å². The van der Waals surface area contributed by atoms with Crippen LogP contribution < -0.4 is 10.1 Å². The zero-order chi connectivity index (χ0) is 24.9. The average molecular weight is 511 g/mol. The number of carbonyl (C=O) groups excluding carboxylic acids is 1. The molecule has 0 spiro atoms. The number of alkyl halides is 3. The van der Waals surface area contributed by atoms with E-state index in [1.807, 2.05) is 32.0 Å². The number of hydrogen-bond donors (Lipinski definition) is 1. The summed E-state index contributed by atoms with van der Waals surface area (Å²) < 4.78 is 46.5. The summed E-state index contributed by atoms with van der Waals surface area (Å²) in [6.07, 6.45) is -2.88. The van der Waals surface area contributed by atoms with Gasteiger partial charge in [0, 0.05) is 6.54 Å². The summed E-state index contributed by atoms with van der Waals surface area (Å²) in [7, 11) is 0. The number of aryl methyl sites for hydroxylation is 2. The van der Waals surface area contributed by atoms with Crippen molar-refractivity contribution in [2.75, 3.05) is 11.1 Å². The smallest absolute Gasteiger partial charge is 0.416 e. The van der Waals surface area contributed by atoms with Gasteiger partial charge in [-0.25, -0.2) is 0 Å². The second kappa shape index (κ2) is 11.0. The molecule has 3 aromatic rings. The standard InChI is InChI=1S/C23H22ClF3N4O2S/c1-4-9-31-20(12-33-19-8-5-14(2)10-15(19)3)29-30-22(31)34-13-21(32)28-18-11-16(23(25,26)27)6-7-17(18)24/h4-8,10-11H,1,9,12-13H2,2-3H3,(H,28,32). The van der Waals surface area contributed by atoms with Crippen LogP contribution in [-0.4, -0.2) is 26.4 Å². The molecule has 2 aromatic carbocycles. The minimum absolute atomic E-state index is 0.00649. The molecule has 11 heteroatoms. The maximum absolute atomic E-state index is 12.9. The highest BCUT2D eigenvalue weighted by molar-refractivity contribution is 7.99. The highest BCUT2D eigenvalue weighted by Gasteiger charge is 2.31. The van der Waals surface area contributed by atoms with E-state index in [-0.39, 0.29) is 23.1 Å². The van der Waals surface area contributed by atoms with Crippen LogP contribution in [0.25, 0.3) is 0 Å². The summed E-state index contributed by atoms with van der Waals surface area (Å²) in [5.74, 6) is 0.626. The number of ether oxygens (including phenoxy) is 1. The van der Waals surface area contributed by atoms with E-state index >= 15 is 0 Å². The van der Waals surface area contributed by atoms with Crippen LogP contribution in [0.4, 0.5) is 18.9 Å². The first-order valence-electron chi connectivity index (χ1n) is 10.1. The lowest BCUT2D eigenvalue weighted by molar-refractivity contribution is -0.137. The normalized spacial score (nSPS) is 11.4. The van der Waals surface area contributed by atoms with Crippen LogP contribution in [0, 0.1) is 13.8 Å². The van der Waals surface area contributed by atoms with E-state index in [4.69, 9.17) is 16.3 Å². The Hall–Kier alpha value is -2.98. The number of nitrogens with zero attached hydrogens (tertiary/aromatic N) is 3. The van der Waals surface area contributed by atoms with Gasteiger partial charge in [0.1, 0.15) is 12.4 Å². The quantitative estimate of drug-likeness (QED) is 0.280. The second-order valence-corrected chi connectivity index (χ2v) is 8.73. The number of carbonyl (C=O) groups is 1. The molecule has 0 saturated carbocycles. The van der Waals surface area contributed by atoms with Crippen molar-refractivity contribution in [1.29, 1.82) is 0 Å². The van der Waals surface area contributed by atoms with Crippen LogP contribution in [0.15, 0.2) is 54.2 Å². The molecule has 3 rings (SSSR count). The molecule has 0 unspecified atom stereocenters. The molecule has 0 atom stereocenters. The van der Waals surface area contributed by atoms with E-state index in [0.717, 1.165) is 46.8 Å². The molecule has 0 aliphatic carbocycles. The fraction of sp³-hybridized carbons (Fsp3) is 0.261. The van der Waals surface area contributed by atoms with E-state index in [9.17, 15) is 18.0 Å². The predicted molar refractivity (Wildman–Crippen MR) is 126 cm³/mol. The summed E-state index contributed by atoms with van der Waals surface area (Å²) in [6, 6.07) is 8.60. The van der Waals surface area contributed by atoms with Gasteiger partial charge < -0.3 is 10.1 Å². The zero-order valence-electron chi connectivity index (χ0n) is 18.4. The van der Waals surface area contributed by atoms with Crippen LogP contribution in [0.1, 0.15) is 22.5 Å². The van der Waals surface area contributed by atoms with E-state index in [0.29, 0.717) is 17.5 Å².